The Morgan fingerprint density at radius 1 is 1.29 bits per heavy atom. The summed E-state index contributed by atoms with van der Waals surface area (Å²) >= 11 is 9.42. The minimum absolute atomic E-state index is 0.662. The van der Waals surface area contributed by atoms with E-state index in [-0.39, 0.29) is 0 Å². The molecule has 0 saturated heterocycles. The minimum atomic E-state index is 0.662. The molecule has 0 saturated carbocycles. The van der Waals surface area contributed by atoms with Crippen LogP contribution in [0.5, 0.6) is 0 Å². The van der Waals surface area contributed by atoms with Crippen molar-refractivity contribution in [2.45, 2.75) is 0 Å². The van der Waals surface area contributed by atoms with Crippen molar-refractivity contribution in [2.24, 2.45) is 0 Å². The Balaban J connectivity index is 2.39. The maximum absolute atomic E-state index is 6.03. The van der Waals surface area contributed by atoms with Gasteiger partial charge in [0.2, 0.25) is 0 Å². The lowest BCUT2D eigenvalue weighted by Gasteiger charge is -2.12. The van der Waals surface area contributed by atoms with Crippen molar-refractivity contribution in [2.75, 3.05) is 6.54 Å². The zero-order chi connectivity index (χ0) is 9.97. The van der Waals surface area contributed by atoms with E-state index in [2.05, 4.69) is 27.3 Å². The van der Waals surface area contributed by atoms with E-state index in [4.69, 9.17) is 11.6 Å². The number of dihydropyridines is 1. The lowest BCUT2D eigenvalue weighted by atomic mass is 10.1. The maximum Gasteiger partial charge on any atom is 0.111 e. The van der Waals surface area contributed by atoms with Crippen molar-refractivity contribution in [1.29, 1.82) is 0 Å². The number of allylic oxidation sites excluding steroid dienone is 2. The van der Waals surface area contributed by atoms with Gasteiger partial charge in [-0.05, 0) is 23.8 Å². The molecule has 0 amide bonds. The summed E-state index contributed by atoms with van der Waals surface area (Å²) in [5.41, 5.74) is 1.99. The first-order chi connectivity index (χ1) is 6.77. The van der Waals surface area contributed by atoms with Gasteiger partial charge in [-0.2, -0.15) is 0 Å². The highest BCUT2D eigenvalue weighted by molar-refractivity contribution is 9.10. The third kappa shape index (κ3) is 2.02. The molecule has 0 spiro atoms. The molecule has 0 unspecified atom stereocenters. The molecule has 1 aliphatic rings. The second-order valence-electron chi connectivity index (χ2n) is 2.93. The van der Waals surface area contributed by atoms with Gasteiger partial charge in [-0.1, -0.05) is 45.7 Å². The van der Waals surface area contributed by atoms with Crippen molar-refractivity contribution in [3.8, 4) is 0 Å². The predicted molar refractivity (Wildman–Crippen MR) is 62.7 cm³/mol. The number of hydrogen-bond donors (Lipinski definition) is 1. The molecule has 14 heavy (non-hydrogen) atoms. The van der Waals surface area contributed by atoms with Gasteiger partial charge in [0, 0.05) is 16.6 Å². The van der Waals surface area contributed by atoms with Crippen LogP contribution < -0.4 is 5.32 Å². The van der Waals surface area contributed by atoms with Crippen LogP contribution in [0.2, 0.25) is 0 Å². The van der Waals surface area contributed by atoms with Crippen molar-refractivity contribution in [3.05, 3.63) is 51.6 Å². The molecule has 0 bridgehead atoms. The van der Waals surface area contributed by atoms with Crippen molar-refractivity contribution in [3.63, 3.8) is 0 Å². The highest BCUT2D eigenvalue weighted by Gasteiger charge is 2.07. The van der Waals surface area contributed by atoms with Gasteiger partial charge in [-0.15, -0.1) is 0 Å². The minimum Gasteiger partial charge on any atom is -0.372 e. The Morgan fingerprint density at radius 2 is 2.00 bits per heavy atom. The molecule has 1 radical (unpaired) electrons. The van der Waals surface area contributed by atoms with Crippen LogP contribution in [-0.2, 0) is 0 Å². The summed E-state index contributed by atoms with van der Waals surface area (Å²) < 4.78 is 1.06. The van der Waals surface area contributed by atoms with Crippen LogP contribution in [0.1, 0.15) is 5.56 Å². The van der Waals surface area contributed by atoms with Gasteiger partial charge < -0.3 is 5.32 Å². The number of rotatable bonds is 1. The monoisotopic (exact) mass is 268 g/mol. The molecule has 1 N–H and O–H groups in total. The largest absolute Gasteiger partial charge is 0.372 e. The van der Waals surface area contributed by atoms with Crippen LogP contribution in [0.3, 0.4) is 0 Å². The van der Waals surface area contributed by atoms with Crippen molar-refractivity contribution in [1.82, 2.24) is 5.32 Å². The first-order valence-corrected chi connectivity index (χ1v) is 5.42. The van der Waals surface area contributed by atoms with E-state index in [9.17, 15) is 0 Å². The Labute approximate surface area is 96.6 Å². The van der Waals surface area contributed by atoms with Gasteiger partial charge in [0.1, 0.15) is 5.16 Å². The second-order valence-corrected chi connectivity index (χ2v) is 4.22. The van der Waals surface area contributed by atoms with Crippen LogP contribution in [0, 0.1) is 6.08 Å². The quantitative estimate of drug-likeness (QED) is 0.771. The average molecular weight is 270 g/mol. The molecule has 0 aliphatic carbocycles. The maximum atomic E-state index is 6.03. The molecular weight excluding hydrogens is 261 g/mol. The Morgan fingerprint density at radius 3 is 2.64 bits per heavy atom. The molecule has 3 heteroatoms. The van der Waals surface area contributed by atoms with E-state index in [0.29, 0.717) is 5.16 Å². The molecule has 2 rings (SSSR count). The third-order valence-corrected chi connectivity index (χ3v) is 2.81. The van der Waals surface area contributed by atoms with Crippen LogP contribution in [0.25, 0.3) is 5.57 Å². The second kappa shape index (κ2) is 4.20. The highest BCUT2D eigenvalue weighted by atomic mass is 79.9. The summed E-state index contributed by atoms with van der Waals surface area (Å²) in [5, 5.41) is 3.72. The van der Waals surface area contributed by atoms with Gasteiger partial charge >= 0.3 is 0 Å². The average Bonchev–Trinajstić information content (AvgIpc) is 2.20. The molecule has 1 aromatic carbocycles. The molecule has 0 fully saturated rings. The fourth-order valence-electron chi connectivity index (χ4n) is 1.27. The Kier molecular flexibility index (Phi) is 2.94. The van der Waals surface area contributed by atoms with Gasteiger partial charge in [0.05, 0.1) is 0 Å². The predicted octanol–water partition coefficient (Wildman–Crippen LogP) is 3.32. The molecule has 71 valence electrons. The zero-order valence-electron chi connectivity index (χ0n) is 7.35. The summed E-state index contributed by atoms with van der Waals surface area (Å²) in [7, 11) is 0. The summed E-state index contributed by atoms with van der Waals surface area (Å²) in [6.45, 7) is 0.749. The first-order valence-electron chi connectivity index (χ1n) is 4.25. The third-order valence-electron chi connectivity index (χ3n) is 1.96. The normalized spacial score (nSPS) is 15.6. The molecule has 1 heterocycles. The number of nitrogens with one attached hydrogen (secondary N) is 1. The molecule has 0 aromatic heterocycles. The summed E-state index contributed by atoms with van der Waals surface area (Å²) in [5.74, 6) is 0. The van der Waals surface area contributed by atoms with Crippen molar-refractivity contribution >= 4 is 33.1 Å². The summed E-state index contributed by atoms with van der Waals surface area (Å²) in [6, 6.07) is 8.00. The zero-order valence-corrected chi connectivity index (χ0v) is 9.69. The smallest absolute Gasteiger partial charge is 0.111 e. The van der Waals surface area contributed by atoms with Crippen LogP contribution >= 0.6 is 27.5 Å². The van der Waals surface area contributed by atoms with Crippen LogP contribution in [-0.4, -0.2) is 6.54 Å². The van der Waals surface area contributed by atoms with Crippen molar-refractivity contribution < 1.29 is 0 Å². The standard InChI is InChI=1S/C11H8BrClN/c12-9-5-3-8(4-6-9)10-2-1-7-14-11(10)13/h1,3-6,14H,7H2. The number of halogens is 2. The topological polar surface area (TPSA) is 12.0 Å². The van der Waals surface area contributed by atoms with Gasteiger partial charge in [0.15, 0.2) is 0 Å². The SMILES string of the molecule is ClC1=C(c2ccc(Br)cc2)[C]=CCN1. The van der Waals surface area contributed by atoms with E-state index < -0.39 is 0 Å². The Bertz CT molecular complexity index is 392. The first kappa shape index (κ1) is 9.81. The fourth-order valence-corrected chi connectivity index (χ4v) is 1.78. The highest BCUT2D eigenvalue weighted by Crippen LogP contribution is 2.24. The van der Waals surface area contributed by atoms with E-state index in [0.717, 1.165) is 22.2 Å². The molecule has 1 aromatic rings. The van der Waals surface area contributed by atoms with E-state index in [1.165, 1.54) is 0 Å². The van der Waals surface area contributed by atoms with E-state index >= 15 is 0 Å². The molecule has 0 atom stereocenters. The van der Waals surface area contributed by atoms with Gasteiger partial charge in [-0.25, -0.2) is 0 Å². The van der Waals surface area contributed by atoms with Crippen LogP contribution in [0.4, 0.5) is 0 Å². The number of benzene rings is 1. The molecular formula is C11H8BrClN. The van der Waals surface area contributed by atoms with E-state index in [1.54, 1.807) is 0 Å². The Hall–Kier alpha value is -0.730. The molecule has 1 aliphatic heterocycles. The fraction of sp³-hybridized carbons (Fsp3) is 0.0909. The van der Waals surface area contributed by atoms with Gasteiger partial charge in [0.25, 0.3) is 0 Å². The van der Waals surface area contributed by atoms with E-state index in [1.807, 2.05) is 30.3 Å². The lowest BCUT2D eigenvalue weighted by molar-refractivity contribution is 0.950. The lowest BCUT2D eigenvalue weighted by Crippen LogP contribution is -2.14. The molecule has 1 nitrogen and oxygen atoms in total. The van der Waals surface area contributed by atoms with Crippen LogP contribution in [0.15, 0.2) is 40.0 Å². The summed E-state index contributed by atoms with van der Waals surface area (Å²) in [4.78, 5) is 0. The summed E-state index contributed by atoms with van der Waals surface area (Å²) in [6.07, 6.45) is 5.08. The van der Waals surface area contributed by atoms with Gasteiger partial charge in [-0.3, -0.25) is 0 Å². The number of hydrogen-bond acceptors (Lipinski definition) is 1.